The molecule has 0 bridgehead atoms. The minimum absolute atomic E-state index is 0.959. The van der Waals surface area contributed by atoms with Crippen LogP contribution in [0.15, 0.2) is 17.3 Å². The van der Waals surface area contributed by atoms with E-state index in [2.05, 4.69) is 17.3 Å². The Morgan fingerprint density at radius 2 is 1.67 bits per heavy atom. The van der Waals surface area contributed by atoms with E-state index in [1.54, 1.807) is 0 Å². The molecule has 1 aliphatic carbocycles. The second-order valence-electron chi connectivity index (χ2n) is 3.28. The molecule has 0 atom stereocenters. The van der Waals surface area contributed by atoms with Gasteiger partial charge in [-0.05, 0) is 44.9 Å². The Balaban J connectivity index is 2.37. The number of hydrogen-bond donors (Lipinski definition) is 1. The fraction of sp³-hybridized carbons (Fsp3) is 0.700. The predicted octanol–water partition coefficient (Wildman–Crippen LogP) is 3.12. The Morgan fingerprint density at radius 1 is 1.00 bits per heavy atom. The van der Waals surface area contributed by atoms with Crippen LogP contribution in [-0.2, 0) is 0 Å². The van der Waals surface area contributed by atoms with E-state index in [1.165, 1.54) is 12.8 Å². The molecular weight excluding hydrogens is 150 g/mol. The summed E-state index contributed by atoms with van der Waals surface area (Å²) in [5.41, 5.74) is 0.977. The smallest absolute Gasteiger partial charge is 0.0571 e. The second kappa shape index (κ2) is 5.81. The first-order valence-corrected chi connectivity index (χ1v) is 4.78. The zero-order valence-corrected chi connectivity index (χ0v) is 7.50. The van der Waals surface area contributed by atoms with Crippen LogP contribution in [0.1, 0.15) is 44.9 Å². The zero-order valence-electron chi connectivity index (χ0n) is 7.50. The maximum Gasteiger partial charge on any atom is 0.0571 e. The third kappa shape index (κ3) is 3.56. The van der Waals surface area contributed by atoms with Gasteiger partial charge in [0.25, 0.3) is 0 Å². The van der Waals surface area contributed by atoms with Crippen LogP contribution in [-0.4, -0.2) is 10.9 Å². The number of rotatable bonds is 0. The first-order valence-electron chi connectivity index (χ1n) is 4.78. The SMILES string of the molecule is O/N=C1/CCC/C=C/CCCC1. The molecule has 1 N–H and O–H groups in total. The van der Waals surface area contributed by atoms with Gasteiger partial charge in [-0.25, -0.2) is 0 Å². The molecule has 0 fully saturated rings. The molecule has 0 aromatic rings. The second-order valence-corrected chi connectivity index (χ2v) is 3.28. The van der Waals surface area contributed by atoms with Gasteiger partial charge in [0.05, 0.1) is 5.71 Å². The molecule has 0 saturated heterocycles. The lowest BCUT2D eigenvalue weighted by molar-refractivity contribution is 0.315. The van der Waals surface area contributed by atoms with Crippen molar-refractivity contribution in [2.75, 3.05) is 0 Å². The van der Waals surface area contributed by atoms with E-state index in [9.17, 15) is 0 Å². The molecule has 0 spiro atoms. The Labute approximate surface area is 74.0 Å². The van der Waals surface area contributed by atoms with Crippen molar-refractivity contribution in [2.24, 2.45) is 5.16 Å². The van der Waals surface area contributed by atoms with Gasteiger partial charge < -0.3 is 5.21 Å². The van der Waals surface area contributed by atoms with Crippen molar-refractivity contribution in [2.45, 2.75) is 44.9 Å². The van der Waals surface area contributed by atoms with E-state index in [1.807, 2.05) is 0 Å². The van der Waals surface area contributed by atoms with Gasteiger partial charge in [0.1, 0.15) is 0 Å². The minimum Gasteiger partial charge on any atom is -0.411 e. The van der Waals surface area contributed by atoms with Crippen molar-refractivity contribution in [3.63, 3.8) is 0 Å². The molecular formula is C10H17NO. The summed E-state index contributed by atoms with van der Waals surface area (Å²) in [7, 11) is 0. The summed E-state index contributed by atoms with van der Waals surface area (Å²) in [6.07, 6.45) is 12.2. The third-order valence-corrected chi connectivity index (χ3v) is 2.23. The third-order valence-electron chi connectivity index (χ3n) is 2.23. The fourth-order valence-corrected chi connectivity index (χ4v) is 1.48. The summed E-state index contributed by atoms with van der Waals surface area (Å²) in [4.78, 5) is 0. The molecule has 0 aromatic carbocycles. The standard InChI is InChI=1S/C10H17NO/c12-11-10-8-6-4-2-1-3-5-7-9-10/h1-2,12H,3-9H2/b2-1+,11-10-. The summed E-state index contributed by atoms with van der Waals surface area (Å²) in [5.74, 6) is 0. The number of allylic oxidation sites excluding steroid dienone is 2. The number of hydrogen-bond acceptors (Lipinski definition) is 2. The van der Waals surface area contributed by atoms with Gasteiger partial charge in [-0.3, -0.25) is 0 Å². The molecule has 68 valence electrons. The lowest BCUT2D eigenvalue weighted by atomic mass is 10.0. The molecule has 0 heterocycles. The largest absolute Gasteiger partial charge is 0.411 e. The van der Waals surface area contributed by atoms with Gasteiger partial charge in [0, 0.05) is 0 Å². The van der Waals surface area contributed by atoms with Crippen molar-refractivity contribution in [1.29, 1.82) is 0 Å². The molecule has 1 aliphatic rings. The average molecular weight is 167 g/mol. The quantitative estimate of drug-likeness (QED) is 0.335. The lowest BCUT2D eigenvalue weighted by Crippen LogP contribution is -1.99. The van der Waals surface area contributed by atoms with Crippen LogP contribution in [0, 0.1) is 0 Å². The lowest BCUT2D eigenvalue weighted by Gasteiger charge is -2.04. The van der Waals surface area contributed by atoms with Gasteiger partial charge in [0.2, 0.25) is 0 Å². The summed E-state index contributed by atoms with van der Waals surface area (Å²) < 4.78 is 0. The monoisotopic (exact) mass is 167 g/mol. The molecule has 0 aliphatic heterocycles. The summed E-state index contributed by atoms with van der Waals surface area (Å²) >= 11 is 0. The van der Waals surface area contributed by atoms with Gasteiger partial charge in [-0.1, -0.05) is 17.3 Å². The van der Waals surface area contributed by atoms with Crippen LogP contribution in [0.25, 0.3) is 0 Å². The van der Waals surface area contributed by atoms with Crippen LogP contribution in [0.3, 0.4) is 0 Å². The molecule has 0 saturated carbocycles. The van der Waals surface area contributed by atoms with E-state index in [0.717, 1.165) is 37.8 Å². The first kappa shape index (κ1) is 9.30. The van der Waals surface area contributed by atoms with Gasteiger partial charge in [0.15, 0.2) is 0 Å². The summed E-state index contributed by atoms with van der Waals surface area (Å²) in [5, 5.41) is 12.0. The Bertz CT molecular complexity index is 173. The predicted molar refractivity (Wildman–Crippen MR) is 50.7 cm³/mol. The van der Waals surface area contributed by atoms with E-state index >= 15 is 0 Å². The Kier molecular flexibility index (Phi) is 4.50. The molecule has 2 nitrogen and oxygen atoms in total. The number of nitrogens with zero attached hydrogens (tertiary/aromatic N) is 1. The van der Waals surface area contributed by atoms with Gasteiger partial charge in [-0.2, -0.15) is 0 Å². The van der Waals surface area contributed by atoms with Gasteiger partial charge in [-0.15, -0.1) is 0 Å². The Hall–Kier alpha value is -0.790. The molecule has 0 radical (unpaired) electrons. The highest BCUT2D eigenvalue weighted by Crippen LogP contribution is 2.10. The van der Waals surface area contributed by atoms with Crippen molar-refractivity contribution in [3.05, 3.63) is 12.2 Å². The van der Waals surface area contributed by atoms with Crippen molar-refractivity contribution in [1.82, 2.24) is 0 Å². The van der Waals surface area contributed by atoms with Crippen molar-refractivity contribution in [3.8, 4) is 0 Å². The highest BCUT2D eigenvalue weighted by Gasteiger charge is 2.00. The van der Waals surface area contributed by atoms with E-state index in [-0.39, 0.29) is 0 Å². The molecule has 2 heteroatoms. The number of oxime groups is 1. The maximum absolute atomic E-state index is 8.64. The van der Waals surface area contributed by atoms with E-state index in [4.69, 9.17) is 5.21 Å². The van der Waals surface area contributed by atoms with Crippen molar-refractivity contribution < 1.29 is 5.21 Å². The highest BCUT2D eigenvalue weighted by atomic mass is 16.4. The normalized spacial score (nSPS) is 26.8. The van der Waals surface area contributed by atoms with Crippen LogP contribution < -0.4 is 0 Å². The topological polar surface area (TPSA) is 32.6 Å². The summed E-state index contributed by atoms with van der Waals surface area (Å²) in [6.45, 7) is 0. The van der Waals surface area contributed by atoms with E-state index in [0.29, 0.717) is 0 Å². The summed E-state index contributed by atoms with van der Waals surface area (Å²) in [6, 6.07) is 0. The van der Waals surface area contributed by atoms with E-state index < -0.39 is 0 Å². The van der Waals surface area contributed by atoms with Crippen LogP contribution in [0.2, 0.25) is 0 Å². The zero-order chi connectivity index (χ0) is 8.65. The molecule has 0 unspecified atom stereocenters. The highest BCUT2D eigenvalue weighted by molar-refractivity contribution is 5.83. The Morgan fingerprint density at radius 3 is 2.42 bits per heavy atom. The maximum atomic E-state index is 8.64. The molecule has 0 amide bonds. The van der Waals surface area contributed by atoms with Crippen LogP contribution in [0.4, 0.5) is 0 Å². The van der Waals surface area contributed by atoms with Gasteiger partial charge >= 0.3 is 0 Å². The molecule has 1 rings (SSSR count). The fourth-order valence-electron chi connectivity index (χ4n) is 1.48. The average Bonchev–Trinajstić information content (AvgIpc) is 2.14. The molecule has 0 aromatic heterocycles. The molecule has 12 heavy (non-hydrogen) atoms. The van der Waals surface area contributed by atoms with Crippen LogP contribution in [0.5, 0.6) is 0 Å². The van der Waals surface area contributed by atoms with Crippen LogP contribution >= 0.6 is 0 Å². The minimum atomic E-state index is 0.959. The van der Waals surface area contributed by atoms with Crippen molar-refractivity contribution >= 4 is 5.71 Å². The first-order chi connectivity index (χ1) is 5.93.